The smallest absolute Gasteiger partial charge is 0.416 e. The lowest BCUT2D eigenvalue weighted by Gasteiger charge is -2.53. The fourth-order valence-electron chi connectivity index (χ4n) is 10.2. The van der Waals surface area contributed by atoms with Crippen LogP contribution in [0.5, 0.6) is 0 Å². The van der Waals surface area contributed by atoms with Gasteiger partial charge in [-0.25, -0.2) is 0 Å². The van der Waals surface area contributed by atoms with Crippen LogP contribution in [0.1, 0.15) is 114 Å². The summed E-state index contributed by atoms with van der Waals surface area (Å²) in [7, 11) is -1.86. The lowest BCUT2D eigenvalue weighted by Crippen LogP contribution is -2.70. The van der Waals surface area contributed by atoms with E-state index in [1.165, 1.54) is 28.0 Å². The monoisotopic (exact) mass is 1010 g/mol. The molecule has 1 aromatic rings. The Kier molecular flexibility index (Phi) is 20.0. The number of carbonyl (C=O) groups excluding carboxylic acids is 1. The molecule has 0 aromatic heterocycles. The molecule has 1 aromatic carbocycles. The largest absolute Gasteiger partial charge is 0.459 e. The molecular weight excluding hydrogens is 934 g/mol. The van der Waals surface area contributed by atoms with Crippen LogP contribution >= 0.6 is 0 Å². The number of nitrogens with zero attached hydrogens (tertiary/aromatic N) is 1. The number of likely N-dealkylation sites (N-methyl/N-ethyl adjacent to an activating group) is 1. The standard InChI is InChI=1S/C47H81F3N4O14S/c1-14-20-51-25-46(60)31(8)65-36(23-44(46,10)63-13)67-38-28(5)40(43(9,58)22-26(3)24-52-30(7)39(56)45(11,59)35(15-2)66-41(57)29(38)6)68-42-37(55)34(21-27(4)64-42)54(12)69(61,62)53-33-18-16-32(17-19-33)47(48,49)50/h16-19,26-31,34-40,42,51-53,55-56,58-60H,14-15,20-25H2,1-13H3/t26-,27-,28+,29-,30-,31+,34+,35-,36+,37-,38+,39-,40-,42+,43-,44-,45-,46+/m1/s1. The van der Waals surface area contributed by atoms with Crippen molar-refractivity contribution in [2.24, 2.45) is 17.8 Å². The summed E-state index contributed by atoms with van der Waals surface area (Å²) in [5, 5.41) is 66.5. The molecule has 4 rings (SSSR count). The summed E-state index contributed by atoms with van der Waals surface area (Å²) in [5.41, 5.74) is -7.68. The number of esters is 1. The first-order valence-electron chi connectivity index (χ1n) is 24.1. The van der Waals surface area contributed by atoms with Crippen molar-refractivity contribution >= 4 is 21.9 Å². The van der Waals surface area contributed by atoms with Gasteiger partial charge in [0, 0.05) is 44.8 Å². The molecule has 69 heavy (non-hydrogen) atoms. The Morgan fingerprint density at radius 2 is 1.58 bits per heavy atom. The van der Waals surface area contributed by atoms with Crippen LogP contribution in [0.25, 0.3) is 0 Å². The molecule has 0 unspecified atom stereocenters. The zero-order valence-corrected chi connectivity index (χ0v) is 43.3. The number of alkyl halides is 3. The van der Waals surface area contributed by atoms with Gasteiger partial charge in [0.1, 0.15) is 35.1 Å². The fraction of sp³-hybridized carbons (Fsp3) is 0.851. The highest BCUT2D eigenvalue weighted by molar-refractivity contribution is 7.90. The predicted molar refractivity (Wildman–Crippen MR) is 250 cm³/mol. The number of anilines is 1. The number of ether oxygens (including phenoxy) is 6. The fourth-order valence-corrected chi connectivity index (χ4v) is 11.3. The molecule has 0 aliphatic carbocycles. The topological polar surface area (TPSA) is 247 Å². The van der Waals surface area contributed by atoms with Crippen LogP contribution in [0, 0.1) is 17.8 Å². The van der Waals surface area contributed by atoms with Crippen LogP contribution in [0.3, 0.4) is 0 Å². The van der Waals surface area contributed by atoms with Gasteiger partial charge in [-0.05, 0) is 117 Å². The van der Waals surface area contributed by atoms with Crippen LogP contribution in [-0.2, 0) is 49.6 Å². The van der Waals surface area contributed by atoms with E-state index >= 15 is 0 Å². The number of rotatable bonds is 14. The van der Waals surface area contributed by atoms with Crippen LogP contribution < -0.4 is 15.4 Å². The Morgan fingerprint density at radius 1 is 0.957 bits per heavy atom. The van der Waals surface area contributed by atoms with E-state index in [0.29, 0.717) is 6.54 Å². The second-order valence-electron chi connectivity index (χ2n) is 20.4. The zero-order valence-electron chi connectivity index (χ0n) is 42.4. The molecule has 0 spiro atoms. The van der Waals surface area contributed by atoms with Gasteiger partial charge < -0.3 is 64.6 Å². The maximum atomic E-state index is 14.5. The number of carbonyl (C=O) groups is 1. The number of nitrogens with one attached hydrogen (secondary N) is 3. The molecule has 3 aliphatic rings. The molecule has 0 radical (unpaired) electrons. The minimum Gasteiger partial charge on any atom is -0.459 e. The van der Waals surface area contributed by atoms with E-state index in [-0.39, 0.29) is 50.4 Å². The van der Waals surface area contributed by atoms with E-state index in [0.717, 1.165) is 35.0 Å². The number of aliphatic hydroxyl groups excluding tert-OH is 2. The van der Waals surface area contributed by atoms with E-state index in [9.17, 15) is 51.9 Å². The van der Waals surface area contributed by atoms with E-state index < -0.39 is 130 Å². The maximum Gasteiger partial charge on any atom is 0.416 e. The highest BCUT2D eigenvalue weighted by Gasteiger charge is 2.58. The summed E-state index contributed by atoms with van der Waals surface area (Å²) in [6.45, 7) is 19.4. The molecule has 0 amide bonds. The summed E-state index contributed by atoms with van der Waals surface area (Å²) in [6.07, 6.45) is -15.1. The third-order valence-electron chi connectivity index (χ3n) is 14.7. The Bertz CT molecular complexity index is 1920. The molecule has 8 N–H and O–H groups in total. The first-order valence-corrected chi connectivity index (χ1v) is 25.5. The summed E-state index contributed by atoms with van der Waals surface area (Å²) in [5.74, 6) is -3.41. The predicted octanol–water partition coefficient (Wildman–Crippen LogP) is 3.67. The van der Waals surface area contributed by atoms with E-state index in [2.05, 4.69) is 15.4 Å². The number of hydrogen-bond acceptors (Lipinski definition) is 16. The molecule has 18 nitrogen and oxygen atoms in total. The molecular formula is C47H81F3N4O14S. The Balaban J connectivity index is 1.79. The van der Waals surface area contributed by atoms with Gasteiger partial charge in [0.15, 0.2) is 12.6 Å². The van der Waals surface area contributed by atoms with E-state index in [1.54, 1.807) is 48.5 Å². The summed E-state index contributed by atoms with van der Waals surface area (Å²) >= 11 is 0. The molecule has 22 heteroatoms. The Hall–Kier alpha value is -2.29. The third kappa shape index (κ3) is 13.7. The van der Waals surface area contributed by atoms with Gasteiger partial charge in [-0.2, -0.15) is 25.9 Å². The van der Waals surface area contributed by atoms with Crippen LogP contribution in [0.4, 0.5) is 18.9 Å². The van der Waals surface area contributed by atoms with Gasteiger partial charge in [-0.15, -0.1) is 0 Å². The van der Waals surface area contributed by atoms with Crippen molar-refractivity contribution < 1.29 is 80.3 Å². The summed E-state index contributed by atoms with van der Waals surface area (Å²) in [6, 6.07) is 1.48. The average molecular weight is 1020 g/mol. The highest BCUT2D eigenvalue weighted by atomic mass is 32.2. The Morgan fingerprint density at radius 3 is 2.14 bits per heavy atom. The van der Waals surface area contributed by atoms with Crippen molar-refractivity contribution in [2.45, 2.75) is 204 Å². The second-order valence-corrected chi connectivity index (χ2v) is 22.2. The van der Waals surface area contributed by atoms with Gasteiger partial charge >= 0.3 is 22.4 Å². The molecule has 3 aliphatic heterocycles. The number of methoxy groups -OCH3 is 1. The lowest BCUT2D eigenvalue weighted by atomic mass is 9.75. The van der Waals surface area contributed by atoms with Gasteiger partial charge in [0.25, 0.3) is 0 Å². The molecule has 3 fully saturated rings. The first-order chi connectivity index (χ1) is 31.8. The van der Waals surface area contributed by atoms with Crippen molar-refractivity contribution in [3.05, 3.63) is 29.8 Å². The molecule has 3 heterocycles. The number of aliphatic hydroxyl groups is 5. The van der Waals surface area contributed by atoms with Crippen molar-refractivity contribution in [3.8, 4) is 0 Å². The minimum atomic E-state index is -4.64. The van der Waals surface area contributed by atoms with E-state index in [1.807, 2.05) is 13.8 Å². The maximum absolute atomic E-state index is 14.5. The van der Waals surface area contributed by atoms with Crippen LogP contribution in [0.2, 0.25) is 0 Å². The van der Waals surface area contributed by atoms with Crippen molar-refractivity contribution in [1.82, 2.24) is 14.9 Å². The van der Waals surface area contributed by atoms with Crippen molar-refractivity contribution in [1.29, 1.82) is 0 Å². The SMILES string of the molecule is CCCNC[C@]1(O)[C@H](C)O[C@@H](O[C@H]2[C@H](C)[C@@H](O[C@@H]3O[C@H](C)C[C@H](N(C)S(=O)(=O)Nc4ccc(C(F)(F)F)cc4)[C@H]3O)[C@](C)(O)C[C@@H](C)CN[C@H](C)[C@@H](O)[C@](C)(O)[C@@H](CC)OC(=O)[C@@H]2C)C[C@@]1(C)OC. The van der Waals surface area contributed by atoms with Crippen LogP contribution in [0.15, 0.2) is 24.3 Å². The van der Waals surface area contributed by atoms with Gasteiger partial charge in [0.05, 0.1) is 47.5 Å². The lowest BCUT2D eigenvalue weighted by molar-refractivity contribution is -0.336. The number of cyclic esters (lactones) is 1. The number of halogens is 3. The molecule has 0 saturated carbocycles. The number of benzene rings is 1. The first kappa shape index (κ1) is 59.3. The quantitative estimate of drug-likeness (QED) is 0.0979. The molecule has 400 valence electrons. The summed E-state index contributed by atoms with van der Waals surface area (Å²) in [4.78, 5) is 14.5. The molecule has 3 saturated heterocycles. The molecule has 0 bridgehead atoms. The van der Waals surface area contributed by atoms with Gasteiger partial charge in [-0.1, -0.05) is 27.7 Å². The second kappa shape index (κ2) is 23.3. The van der Waals surface area contributed by atoms with Crippen LogP contribution in [-0.4, -0.2) is 168 Å². The zero-order chi connectivity index (χ0) is 52.2. The van der Waals surface area contributed by atoms with Crippen molar-refractivity contribution in [3.63, 3.8) is 0 Å². The van der Waals surface area contributed by atoms with Crippen molar-refractivity contribution in [2.75, 3.05) is 38.5 Å². The van der Waals surface area contributed by atoms with Gasteiger partial charge in [-0.3, -0.25) is 9.52 Å². The number of hydrogen-bond donors (Lipinski definition) is 8. The average Bonchev–Trinajstić information content (AvgIpc) is 3.26. The third-order valence-corrected chi connectivity index (χ3v) is 16.2. The minimum absolute atomic E-state index is 0.0149. The molecule has 18 atom stereocenters. The summed E-state index contributed by atoms with van der Waals surface area (Å²) < 4.78 is 109. The normalized spacial score (nSPS) is 41.5. The van der Waals surface area contributed by atoms with Gasteiger partial charge in [0.2, 0.25) is 0 Å². The highest BCUT2D eigenvalue weighted by Crippen LogP contribution is 2.43. The Labute approximate surface area is 406 Å². The van der Waals surface area contributed by atoms with E-state index in [4.69, 9.17) is 28.4 Å².